The SMILES string of the molecule is CCC1CNC(C(C)(C)C)CN1c1cccc(F)c1C. The lowest BCUT2D eigenvalue weighted by Crippen LogP contribution is -2.60. The van der Waals surface area contributed by atoms with Gasteiger partial charge in [-0.15, -0.1) is 0 Å². The fraction of sp³-hybridized carbons (Fsp3) is 0.647. The van der Waals surface area contributed by atoms with Gasteiger partial charge < -0.3 is 10.2 Å². The molecular formula is C17H27FN2. The van der Waals surface area contributed by atoms with Crippen LogP contribution in [0.25, 0.3) is 0 Å². The van der Waals surface area contributed by atoms with E-state index in [0.717, 1.165) is 30.8 Å². The highest BCUT2D eigenvalue weighted by molar-refractivity contribution is 5.55. The molecule has 0 aromatic heterocycles. The van der Waals surface area contributed by atoms with E-state index in [4.69, 9.17) is 0 Å². The molecule has 0 aliphatic carbocycles. The van der Waals surface area contributed by atoms with Crippen molar-refractivity contribution in [2.75, 3.05) is 18.0 Å². The van der Waals surface area contributed by atoms with Crippen LogP contribution in [0.3, 0.4) is 0 Å². The van der Waals surface area contributed by atoms with Gasteiger partial charge in [-0.05, 0) is 30.9 Å². The van der Waals surface area contributed by atoms with Crippen LogP contribution >= 0.6 is 0 Å². The first kappa shape index (κ1) is 15.3. The zero-order valence-corrected chi connectivity index (χ0v) is 13.3. The van der Waals surface area contributed by atoms with Crippen molar-refractivity contribution in [1.29, 1.82) is 0 Å². The van der Waals surface area contributed by atoms with Crippen molar-refractivity contribution >= 4 is 5.69 Å². The molecule has 20 heavy (non-hydrogen) atoms. The Bertz CT molecular complexity index is 465. The maximum atomic E-state index is 13.9. The largest absolute Gasteiger partial charge is 0.365 e. The summed E-state index contributed by atoms with van der Waals surface area (Å²) in [7, 11) is 0. The molecule has 1 saturated heterocycles. The summed E-state index contributed by atoms with van der Waals surface area (Å²) in [5, 5.41) is 3.66. The molecule has 1 aliphatic rings. The molecule has 1 aromatic carbocycles. The van der Waals surface area contributed by atoms with E-state index < -0.39 is 0 Å². The van der Waals surface area contributed by atoms with Crippen LogP contribution in [0.5, 0.6) is 0 Å². The number of nitrogens with zero attached hydrogens (tertiary/aromatic N) is 1. The van der Waals surface area contributed by atoms with Gasteiger partial charge in [-0.25, -0.2) is 4.39 Å². The lowest BCUT2D eigenvalue weighted by Gasteiger charge is -2.46. The van der Waals surface area contributed by atoms with Crippen molar-refractivity contribution in [3.8, 4) is 0 Å². The number of piperazine rings is 1. The first-order chi connectivity index (χ1) is 9.34. The molecule has 3 heteroatoms. The number of rotatable bonds is 2. The van der Waals surface area contributed by atoms with Gasteiger partial charge in [0.05, 0.1) is 0 Å². The van der Waals surface area contributed by atoms with Gasteiger partial charge in [-0.1, -0.05) is 33.8 Å². The highest BCUT2D eigenvalue weighted by Crippen LogP contribution is 2.30. The van der Waals surface area contributed by atoms with Gasteiger partial charge in [-0.3, -0.25) is 0 Å². The van der Waals surface area contributed by atoms with Gasteiger partial charge in [0.15, 0.2) is 0 Å². The molecule has 1 heterocycles. The first-order valence-electron chi connectivity index (χ1n) is 7.59. The van der Waals surface area contributed by atoms with Crippen molar-refractivity contribution < 1.29 is 4.39 Å². The maximum Gasteiger partial charge on any atom is 0.128 e. The quantitative estimate of drug-likeness (QED) is 0.886. The highest BCUT2D eigenvalue weighted by Gasteiger charge is 2.34. The minimum atomic E-state index is -0.108. The topological polar surface area (TPSA) is 15.3 Å². The summed E-state index contributed by atoms with van der Waals surface area (Å²) in [6, 6.07) is 6.27. The zero-order chi connectivity index (χ0) is 14.9. The Kier molecular flexibility index (Phi) is 4.38. The monoisotopic (exact) mass is 278 g/mol. The second-order valence-corrected chi connectivity index (χ2v) is 6.93. The lowest BCUT2D eigenvalue weighted by atomic mass is 9.84. The smallest absolute Gasteiger partial charge is 0.128 e. The van der Waals surface area contributed by atoms with Crippen LogP contribution in [-0.2, 0) is 0 Å². The predicted octanol–water partition coefficient (Wildman–Crippen LogP) is 3.74. The van der Waals surface area contributed by atoms with Gasteiger partial charge in [0.25, 0.3) is 0 Å². The molecular weight excluding hydrogens is 251 g/mol. The van der Waals surface area contributed by atoms with E-state index in [1.54, 1.807) is 6.07 Å². The average Bonchev–Trinajstić information content (AvgIpc) is 2.40. The zero-order valence-electron chi connectivity index (χ0n) is 13.3. The van der Waals surface area contributed by atoms with Crippen molar-refractivity contribution in [2.45, 2.75) is 53.1 Å². The normalized spacial score (nSPS) is 24.0. The number of hydrogen-bond donors (Lipinski definition) is 1. The van der Waals surface area contributed by atoms with E-state index in [0.29, 0.717) is 12.1 Å². The Morgan fingerprint density at radius 2 is 2.05 bits per heavy atom. The maximum absolute atomic E-state index is 13.9. The van der Waals surface area contributed by atoms with Crippen LogP contribution in [0.15, 0.2) is 18.2 Å². The Labute approximate surface area is 122 Å². The van der Waals surface area contributed by atoms with Gasteiger partial charge >= 0.3 is 0 Å². The molecule has 1 N–H and O–H groups in total. The van der Waals surface area contributed by atoms with E-state index in [-0.39, 0.29) is 11.2 Å². The van der Waals surface area contributed by atoms with Crippen molar-refractivity contribution in [2.24, 2.45) is 5.41 Å². The lowest BCUT2D eigenvalue weighted by molar-refractivity contribution is 0.233. The molecule has 0 spiro atoms. The molecule has 0 radical (unpaired) electrons. The molecule has 2 rings (SSSR count). The average molecular weight is 278 g/mol. The van der Waals surface area contributed by atoms with Crippen LogP contribution in [0.2, 0.25) is 0 Å². The summed E-state index contributed by atoms with van der Waals surface area (Å²) in [4.78, 5) is 2.39. The number of halogens is 1. The van der Waals surface area contributed by atoms with Gasteiger partial charge in [-0.2, -0.15) is 0 Å². The third kappa shape index (κ3) is 2.98. The standard InChI is InChI=1S/C17H27FN2/c1-6-13-10-19-16(17(3,4)5)11-20(13)15-9-7-8-14(18)12(15)2/h7-9,13,16,19H,6,10-11H2,1-5H3. The molecule has 0 bridgehead atoms. The molecule has 2 atom stereocenters. The van der Waals surface area contributed by atoms with Gasteiger partial charge in [0, 0.05) is 36.4 Å². The minimum Gasteiger partial charge on any atom is -0.365 e. The Morgan fingerprint density at radius 3 is 2.65 bits per heavy atom. The summed E-state index contributed by atoms with van der Waals surface area (Å²) in [6.07, 6.45) is 1.07. The third-order valence-electron chi connectivity index (χ3n) is 4.49. The van der Waals surface area contributed by atoms with Crippen LogP contribution in [0, 0.1) is 18.2 Å². The summed E-state index contributed by atoms with van der Waals surface area (Å²) < 4.78 is 13.9. The van der Waals surface area contributed by atoms with Crippen LogP contribution in [0.4, 0.5) is 10.1 Å². The molecule has 1 aliphatic heterocycles. The van der Waals surface area contributed by atoms with E-state index in [1.807, 2.05) is 19.1 Å². The Balaban J connectivity index is 2.32. The number of hydrogen-bond acceptors (Lipinski definition) is 2. The van der Waals surface area contributed by atoms with Crippen molar-refractivity contribution in [3.63, 3.8) is 0 Å². The van der Waals surface area contributed by atoms with Gasteiger partial charge in [0.2, 0.25) is 0 Å². The second-order valence-electron chi connectivity index (χ2n) is 6.93. The fourth-order valence-corrected chi connectivity index (χ4v) is 2.95. The molecule has 2 unspecified atom stereocenters. The Hall–Kier alpha value is -1.09. The second kappa shape index (κ2) is 5.72. The molecule has 1 fully saturated rings. The van der Waals surface area contributed by atoms with Crippen LogP contribution in [-0.4, -0.2) is 25.2 Å². The third-order valence-corrected chi connectivity index (χ3v) is 4.49. The van der Waals surface area contributed by atoms with E-state index in [2.05, 4.69) is 37.9 Å². The van der Waals surface area contributed by atoms with Crippen molar-refractivity contribution in [3.05, 3.63) is 29.6 Å². The molecule has 112 valence electrons. The minimum absolute atomic E-state index is 0.108. The highest BCUT2D eigenvalue weighted by atomic mass is 19.1. The summed E-state index contributed by atoms with van der Waals surface area (Å²) in [5.41, 5.74) is 2.02. The molecule has 0 amide bonds. The summed E-state index contributed by atoms with van der Waals surface area (Å²) >= 11 is 0. The van der Waals surface area contributed by atoms with Crippen molar-refractivity contribution in [1.82, 2.24) is 5.32 Å². The van der Waals surface area contributed by atoms with E-state index in [1.165, 1.54) is 0 Å². The predicted molar refractivity (Wildman–Crippen MR) is 83.8 cm³/mol. The fourth-order valence-electron chi connectivity index (χ4n) is 2.95. The summed E-state index contributed by atoms with van der Waals surface area (Å²) in [6.45, 7) is 12.8. The van der Waals surface area contributed by atoms with Crippen LogP contribution in [0.1, 0.15) is 39.7 Å². The van der Waals surface area contributed by atoms with Gasteiger partial charge in [0.1, 0.15) is 5.82 Å². The molecule has 0 saturated carbocycles. The first-order valence-corrected chi connectivity index (χ1v) is 7.59. The molecule has 2 nitrogen and oxygen atoms in total. The number of anilines is 1. The Morgan fingerprint density at radius 1 is 1.35 bits per heavy atom. The summed E-state index contributed by atoms with van der Waals surface area (Å²) in [5.74, 6) is -0.108. The molecule has 1 aromatic rings. The van der Waals surface area contributed by atoms with E-state index >= 15 is 0 Å². The number of benzene rings is 1. The van der Waals surface area contributed by atoms with E-state index in [9.17, 15) is 4.39 Å². The number of nitrogens with one attached hydrogen (secondary N) is 1. The van der Waals surface area contributed by atoms with Crippen LogP contribution < -0.4 is 10.2 Å².